The number of aromatic nitrogens is 3. The van der Waals surface area contributed by atoms with Gasteiger partial charge in [-0.3, -0.25) is 9.69 Å². The minimum atomic E-state index is -0.0427. The lowest BCUT2D eigenvalue weighted by atomic mass is 9.87. The molecule has 1 aromatic heterocycles. The molecule has 0 aliphatic carbocycles. The minimum Gasteiger partial charge on any atom is -0.325 e. The van der Waals surface area contributed by atoms with Gasteiger partial charge in [0.1, 0.15) is 5.82 Å². The Balaban J connectivity index is 1.42. The number of rotatable bonds is 8. The van der Waals surface area contributed by atoms with Crippen molar-refractivity contribution >= 4 is 23.4 Å². The third-order valence-electron chi connectivity index (χ3n) is 5.91. The third kappa shape index (κ3) is 6.45. The van der Waals surface area contributed by atoms with Crippen LogP contribution in [0, 0.1) is 0 Å². The number of hydrogen-bond acceptors (Lipinski definition) is 5. The number of carbonyl (C=O) groups excluding carboxylic acids is 1. The lowest BCUT2D eigenvalue weighted by Crippen LogP contribution is -2.22. The van der Waals surface area contributed by atoms with Gasteiger partial charge in [0.15, 0.2) is 5.16 Å². The maximum atomic E-state index is 12.6. The van der Waals surface area contributed by atoms with Crippen molar-refractivity contribution in [2.45, 2.75) is 57.3 Å². The van der Waals surface area contributed by atoms with Crippen molar-refractivity contribution in [3.63, 3.8) is 0 Å². The summed E-state index contributed by atoms with van der Waals surface area (Å²) in [6, 6.07) is 18.4. The Morgan fingerprint density at radius 1 is 0.970 bits per heavy atom. The molecule has 1 aliphatic heterocycles. The Hall–Kier alpha value is -2.64. The van der Waals surface area contributed by atoms with Crippen LogP contribution < -0.4 is 5.32 Å². The maximum Gasteiger partial charge on any atom is 0.234 e. The molecular formula is C26H33N5OS. The van der Waals surface area contributed by atoms with Gasteiger partial charge in [-0.2, -0.15) is 0 Å². The highest BCUT2D eigenvalue weighted by Gasteiger charge is 2.19. The van der Waals surface area contributed by atoms with Gasteiger partial charge in [-0.25, -0.2) is 0 Å². The van der Waals surface area contributed by atoms with E-state index in [9.17, 15) is 4.79 Å². The van der Waals surface area contributed by atoms with Gasteiger partial charge in [0.2, 0.25) is 5.91 Å². The van der Waals surface area contributed by atoms with Crippen LogP contribution in [0.1, 0.15) is 50.6 Å². The van der Waals surface area contributed by atoms with E-state index in [1.54, 1.807) is 0 Å². The van der Waals surface area contributed by atoms with E-state index in [2.05, 4.69) is 70.0 Å². The number of nitrogens with zero attached hydrogens (tertiary/aromatic N) is 4. The summed E-state index contributed by atoms with van der Waals surface area (Å²) in [5, 5.41) is 12.7. The fourth-order valence-corrected chi connectivity index (χ4v) is 4.75. The van der Waals surface area contributed by atoms with Crippen molar-refractivity contribution < 1.29 is 4.79 Å². The van der Waals surface area contributed by atoms with Gasteiger partial charge in [0.25, 0.3) is 0 Å². The van der Waals surface area contributed by atoms with Gasteiger partial charge in [-0.05, 0) is 54.6 Å². The van der Waals surface area contributed by atoms with Gasteiger partial charge in [0.05, 0.1) is 18.8 Å². The maximum absolute atomic E-state index is 12.6. The van der Waals surface area contributed by atoms with Crippen LogP contribution in [0.25, 0.3) is 0 Å². The van der Waals surface area contributed by atoms with E-state index in [1.807, 2.05) is 30.3 Å². The Morgan fingerprint density at radius 2 is 1.67 bits per heavy atom. The molecule has 0 saturated carbocycles. The van der Waals surface area contributed by atoms with E-state index in [0.29, 0.717) is 6.54 Å². The molecule has 2 heterocycles. The third-order valence-corrected chi connectivity index (χ3v) is 6.87. The number of amides is 1. The van der Waals surface area contributed by atoms with Crippen molar-refractivity contribution in [3.05, 3.63) is 71.5 Å². The van der Waals surface area contributed by atoms with Crippen LogP contribution in [-0.4, -0.2) is 44.4 Å². The fraction of sp³-hybridized carbons (Fsp3) is 0.423. The van der Waals surface area contributed by atoms with E-state index in [1.165, 1.54) is 35.7 Å². The summed E-state index contributed by atoms with van der Waals surface area (Å²) in [5.41, 5.74) is 3.35. The van der Waals surface area contributed by atoms with Crippen LogP contribution in [0.2, 0.25) is 0 Å². The summed E-state index contributed by atoms with van der Waals surface area (Å²) in [7, 11) is 0. The summed E-state index contributed by atoms with van der Waals surface area (Å²) in [4.78, 5) is 15.0. The molecule has 1 saturated heterocycles. The monoisotopic (exact) mass is 463 g/mol. The number of nitrogens with one attached hydrogen (secondary N) is 1. The minimum absolute atomic E-state index is 0.0427. The molecule has 1 amide bonds. The van der Waals surface area contributed by atoms with Crippen molar-refractivity contribution in [3.8, 4) is 0 Å². The second-order valence-corrected chi connectivity index (χ2v) is 10.6. The van der Waals surface area contributed by atoms with Gasteiger partial charge >= 0.3 is 0 Å². The first-order valence-electron chi connectivity index (χ1n) is 11.6. The molecular weight excluding hydrogens is 430 g/mol. The Morgan fingerprint density at radius 3 is 2.33 bits per heavy atom. The Bertz CT molecular complexity index is 1050. The standard InChI is InChI=1S/C26H33N5OS/c1-26(2,3)21-11-13-22(14-12-21)27-24(32)19-33-25-29-28-23(18-30-15-7-8-16-30)31(25)17-20-9-5-4-6-10-20/h4-6,9-14H,7-8,15-19H2,1-3H3,(H,27,32). The van der Waals surface area contributed by atoms with Crippen LogP contribution in [0.15, 0.2) is 59.8 Å². The molecule has 0 radical (unpaired) electrons. The Kier molecular flexibility index (Phi) is 7.50. The molecule has 174 valence electrons. The highest BCUT2D eigenvalue weighted by atomic mass is 32.2. The summed E-state index contributed by atoms with van der Waals surface area (Å²) < 4.78 is 2.16. The zero-order valence-electron chi connectivity index (χ0n) is 19.8. The molecule has 1 N–H and O–H groups in total. The van der Waals surface area contributed by atoms with Crippen LogP contribution in [0.3, 0.4) is 0 Å². The van der Waals surface area contributed by atoms with Crippen LogP contribution in [0.4, 0.5) is 5.69 Å². The molecule has 0 spiro atoms. The summed E-state index contributed by atoms with van der Waals surface area (Å²) >= 11 is 1.44. The van der Waals surface area contributed by atoms with Crippen molar-refractivity contribution in [2.75, 3.05) is 24.2 Å². The van der Waals surface area contributed by atoms with E-state index < -0.39 is 0 Å². The first-order valence-corrected chi connectivity index (χ1v) is 12.6. The highest BCUT2D eigenvalue weighted by Crippen LogP contribution is 2.24. The summed E-state index contributed by atoms with van der Waals surface area (Å²) in [6.45, 7) is 10.3. The Labute approximate surface area is 200 Å². The lowest BCUT2D eigenvalue weighted by Gasteiger charge is -2.19. The number of benzene rings is 2. The van der Waals surface area contributed by atoms with E-state index >= 15 is 0 Å². The molecule has 1 aliphatic rings. The summed E-state index contributed by atoms with van der Waals surface area (Å²) in [6.07, 6.45) is 2.48. The smallest absolute Gasteiger partial charge is 0.234 e. The number of anilines is 1. The second-order valence-electron chi connectivity index (χ2n) is 9.62. The first kappa shape index (κ1) is 23.5. The molecule has 1 fully saturated rings. The molecule has 3 aromatic rings. The van der Waals surface area contributed by atoms with Gasteiger partial charge in [0, 0.05) is 5.69 Å². The number of carbonyl (C=O) groups is 1. The topological polar surface area (TPSA) is 63.1 Å². The van der Waals surface area contributed by atoms with Crippen molar-refractivity contribution in [1.82, 2.24) is 19.7 Å². The highest BCUT2D eigenvalue weighted by molar-refractivity contribution is 7.99. The summed E-state index contributed by atoms with van der Waals surface area (Å²) in [5.74, 6) is 1.21. The van der Waals surface area contributed by atoms with Crippen molar-refractivity contribution in [1.29, 1.82) is 0 Å². The average Bonchev–Trinajstić information content (AvgIpc) is 3.44. The largest absolute Gasteiger partial charge is 0.325 e. The zero-order valence-corrected chi connectivity index (χ0v) is 20.6. The quantitative estimate of drug-likeness (QED) is 0.479. The normalized spacial score (nSPS) is 14.5. The molecule has 0 unspecified atom stereocenters. The van der Waals surface area contributed by atoms with Crippen LogP contribution in [0.5, 0.6) is 0 Å². The van der Waals surface area contributed by atoms with E-state index in [-0.39, 0.29) is 17.1 Å². The van der Waals surface area contributed by atoms with Gasteiger partial charge in [-0.1, -0.05) is 75.0 Å². The van der Waals surface area contributed by atoms with Gasteiger partial charge < -0.3 is 9.88 Å². The first-order chi connectivity index (χ1) is 15.9. The predicted octanol–water partition coefficient (Wildman–Crippen LogP) is 4.95. The van der Waals surface area contributed by atoms with Gasteiger partial charge in [-0.15, -0.1) is 10.2 Å². The molecule has 6 nitrogen and oxygen atoms in total. The molecule has 7 heteroatoms. The molecule has 2 aromatic carbocycles. The second kappa shape index (κ2) is 10.5. The molecule has 0 bridgehead atoms. The number of likely N-dealkylation sites (tertiary alicyclic amines) is 1. The fourth-order valence-electron chi connectivity index (χ4n) is 3.99. The zero-order chi connectivity index (χ0) is 23.3. The molecule has 4 rings (SSSR count). The molecule has 0 atom stereocenters. The average molecular weight is 464 g/mol. The predicted molar refractivity (Wildman–Crippen MR) is 135 cm³/mol. The molecule has 33 heavy (non-hydrogen) atoms. The van der Waals surface area contributed by atoms with Crippen molar-refractivity contribution in [2.24, 2.45) is 0 Å². The number of thioether (sulfide) groups is 1. The van der Waals surface area contributed by atoms with Crippen LogP contribution in [-0.2, 0) is 23.3 Å². The lowest BCUT2D eigenvalue weighted by molar-refractivity contribution is -0.113. The van der Waals surface area contributed by atoms with Crippen LogP contribution >= 0.6 is 11.8 Å². The van der Waals surface area contributed by atoms with E-state index in [0.717, 1.165) is 36.3 Å². The SMILES string of the molecule is CC(C)(C)c1ccc(NC(=O)CSc2nnc(CN3CCCC3)n2Cc2ccccc2)cc1. The number of hydrogen-bond donors (Lipinski definition) is 1. The van der Waals surface area contributed by atoms with E-state index in [4.69, 9.17) is 0 Å².